The molecule has 4 rings (SSSR count). The fraction of sp³-hybridized carbons (Fsp3) is 0.421. The smallest absolute Gasteiger partial charge is 0.315 e. The first kappa shape index (κ1) is 17.5. The van der Waals surface area contributed by atoms with Crippen molar-refractivity contribution in [2.24, 2.45) is 4.99 Å². The minimum absolute atomic E-state index is 0.107. The summed E-state index contributed by atoms with van der Waals surface area (Å²) < 4.78 is 13.2. The van der Waals surface area contributed by atoms with E-state index in [1.54, 1.807) is 19.2 Å². The Kier molecular flexibility index (Phi) is 4.13. The standard InChI is InChI=1S/C19H22FN5O2/c1-4-9-23-12(2)10-24-15-16(21-18(23)24)22(3)19(27)25(17(15)26)11-13-5-7-14(20)8-6-13/h5-8,10,15-16H,4,9,11H2,1-3H3. The van der Waals surface area contributed by atoms with Crippen molar-refractivity contribution in [2.45, 2.75) is 39.0 Å². The third-order valence-corrected chi connectivity index (χ3v) is 5.20. The number of aliphatic imine (C=N–C) groups is 1. The molecule has 3 heterocycles. The number of urea groups is 1. The Hall–Kier alpha value is -2.90. The van der Waals surface area contributed by atoms with Crippen LogP contribution in [0.1, 0.15) is 25.8 Å². The van der Waals surface area contributed by atoms with Crippen LogP contribution in [0.25, 0.3) is 0 Å². The van der Waals surface area contributed by atoms with Crippen LogP contribution in [-0.2, 0) is 11.3 Å². The number of benzene rings is 1. The molecule has 7 nitrogen and oxygen atoms in total. The Morgan fingerprint density at radius 1 is 1.15 bits per heavy atom. The summed E-state index contributed by atoms with van der Waals surface area (Å²) in [7, 11) is 1.66. The maximum Gasteiger partial charge on any atom is 0.328 e. The van der Waals surface area contributed by atoms with Gasteiger partial charge < -0.3 is 14.7 Å². The van der Waals surface area contributed by atoms with Crippen molar-refractivity contribution in [2.75, 3.05) is 13.6 Å². The van der Waals surface area contributed by atoms with E-state index in [-0.39, 0.29) is 24.3 Å². The summed E-state index contributed by atoms with van der Waals surface area (Å²) in [5, 5.41) is 0. The van der Waals surface area contributed by atoms with Crippen molar-refractivity contribution in [1.29, 1.82) is 0 Å². The van der Waals surface area contributed by atoms with Gasteiger partial charge in [0.25, 0.3) is 5.91 Å². The van der Waals surface area contributed by atoms with Gasteiger partial charge >= 0.3 is 6.03 Å². The van der Waals surface area contributed by atoms with Gasteiger partial charge in [0.05, 0.1) is 6.54 Å². The largest absolute Gasteiger partial charge is 0.328 e. The quantitative estimate of drug-likeness (QED) is 0.814. The van der Waals surface area contributed by atoms with Crippen LogP contribution in [0.4, 0.5) is 9.18 Å². The molecule has 1 fully saturated rings. The van der Waals surface area contributed by atoms with E-state index in [1.807, 2.05) is 18.0 Å². The zero-order chi connectivity index (χ0) is 19.3. The van der Waals surface area contributed by atoms with Gasteiger partial charge in [0.2, 0.25) is 5.96 Å². The Balaban J connectivity index is 1.63. The van der Waals surface area contributed by atoms with E-state index < -0.39 is 12.2 Å². The van der Waals surface area contributed by atoms with Crippen LogP contribution in [0.15, 0.2) is 41.2 Å². The number of fused-ring (bicyclic) bond motifs is 3. The monoisotopic (exact) mass is 371 g/mol. The summed E-state index contributed by atoms with van der Waals surface area (Å²) in [4.78, 5) is 37.3. The molecule has 1 saturated heterocycles. The lowest BCUT2D eigenvalue weighted by Crippen LogP contribution is -2.63. The SMILES string of the molecule is CCCN1C(C)=CN2C1=NC1C2C(=O)N(Cc2ccc(F)cc2)C(=O)N1C. The second kappa shape index (κ2) is 6.37. The highest BCUT2D eigenvalue weighted by atomic mass is 19.1. The van der Waals surface area contributed by atoms with Crippen LogP contribution < -0.4 is 0 Å². The second-order valence-electron chi connectivity index (χ2n) is 7.06. The summed E-state index contributed by atoms with van der Waals surface area (Å²) in [6.07, 6.45) is 2.34. The normalized spacial score (nSPS) is 24.3. The summed E-state index contributed by atoms with van der Waals surface area (Å²) in [5.41, 5.74) is 1.73. The van der Waals surface area contributed by atoms with Gasteiger partial charge in [-0.25, -0.2) is 14.2 Å². The van der Waals surface area contributed by atoms with Gasteiger partial charge in [0, 0.05) is 25.5 Å². The molecule has 0 aromatic heterocycles. The number of rotatable bonds is 4. The number of carbonyl (C=O) groups is 2. The summed E-state index contributed by atoms with van der Waals surface area (Å²) in [5.74, 6) is 0.0873. The molecule has 27 heavy (non-hydrogen) atoms. The van der Waals surface area contributed by atoms with Gasteiger partial charge in [-0.05, 0) is 31.0 Å². The molecule has 0 radical (unpaired) electrons. The van der Waals surface area contributed by atoms with Crippen molar-refractivity contribution >= 4 is 17.9 Å². The molecule has 1 aromatic carbocycles. The highest BCUT2D eigenvalue weighted by Crippen LogP contribution is 2.34. The molecule has 2 unspecified atom stereocenters. The van der Waals surface area contributed by atoms with Crippen LogP contribution in [-0.4, -0.2) is 63.3 Å². The molecule has 0 spiro atoms. The lowest BCUT2D eigenvalue weighted by Gasteiger charge is -2.40. The van der Waals surface area contributed by atoms with Gasteiger partial charge in [-0.3, -0.25) is 9.69 Å². The number of imide groups is 1. The first-order valence-electron chi connectivity index (χ1n) is 9.07. The topological polar surface area (TPSA) is 59.5 Å². The minimum Gasteiger partial charge on any atom is -0.315 e. The van der Waals surface area contributed by atoms with Gasteiger partial charge in [-0.2, -0.15) is 0 Å². The van der Waals surface area contributed by atoms with Crippen molar-refractivity contribution in [3.8, 4) is 0 Å². The molecule has 3 amide bonds. The van der Waals surface area contributed by atoms with Crippen molar-refractivity contribution in [3.05, 3.63) is 47.5 Å². The zero-order valence-corrected chi connectivity index (χ0v) is 15.6. The van der Waals surface area contributed by atoms with Crippen LogP contribution in [0, 0.1) is 5.82 Å². The predicted molar refractivity (Wildman–Crippen MR) is 97.7 cm³/mol. The lowest BCUT2D eigenvalue weighted by molar-refractivity contribution is -0.137. The fourth-order valence-electron chi connectivity index (χ4n) is 3.82. The summed E-state index contributed by atoms with van der Waals surface area (Å²) in [6.45, 7) is 4.99. The van der Waals surface area contributed by atoms with Gasteiger partial charge in [-0.15, -0.1) is 0 Å². The van der Waals surface area contributed by atoms with E-state index in [4.69, 9.17) is 0 Å². The first-order chi connectivity index (χ1) is 12.9. The molecule has 0 aliphatic carbocycles. The number of amides is 3. The summed E-state index contributed by atoms with van der Waals surface area (Å²) >= 11 is 0. The van der Waals surface area contributed by atoms with Crippen LogP contribution in [0.3, 0.4) is 0 Å². The van der Waals surface area contributed by atoms with Gasteiger partial charge in [0.15, 0.2) is 12.2 Å². The Bertz CT molecular complexity index is 850. The average molecular weight is 371 g/mol. The second-order valence-corrected chi connectivity index (χ2v) is 7.06. The van der Waals surface area contributed by atoms with Crippen LogP contribution >= 0.6 is 0 Å². The third kappa shape index (κ3) is 2.67. The first-order valence-corrected chi connectivity index (χ1v) is 9.07. The maximum atomic E-state index is 13.2. The van der Waals surface area contributed by atoms with E-state index in [9.17, 15) is 14.0 Å². The van der Waals surface area contributed by atoms with Gasteiger partial charge in [0.1, 0.15) is 5.82 Å². The lowest BCUT2D eigenvalue weighted by atomic mass is 10.1. The Morgan fingerprint density at radius 3 is 2.52 bits per heavy atom. The number of allylic oxidation sites excluding steroid dienone is 1. The molecular formula is C19H22FN5O2. The van der Waals surface area contributed by atoms with Crippen LogP contribution in [0.5, 0.6) is 0 Å². The number of carbonyl (C=O) groups excluding carboxylic acids is 2. The molecule has 3 aliphatic heterocycles. The van der Waals surface area contributed by atoms with E-state index in [2.05, 4.69) is 16.8 Å². The highest BCUT2D eigenvalue weighted by molar-refractivity contribution is 6.04. The van der Waals surface area contributed by atoms with Crippen molar-refractivity contribution < 1.29 is 14.0 Å². The van der Waals surface area contributed by atoms with Gasteiger partial charge in [-0.1, -0.05) is 19.1 Å². The Morgan fingerprint density at radius 2 is 1.85 bits per heavy atom. The Labute approximate surface area is 157 Å². The molecular weight excluding hydrogens is 349 g/mol. The third-order valence-electron chi connectivity index (χ3n) is 5.20. The van der Waals surface area contributed by atoms with E-state index in [0.29, 0.717) is 5.56 Å². The number of halogens is 1. The van der Waals surface area contributed by atoms with E-state index in [1.165, 1.54) is 21.9 Å². The van der Waals surface area contributed by atoms with E-state index in [0.717, 1.165) is 24.6 Å². The zero-order valence-electron chi connectivity index (χ0n) is 15.6. The molecule has 142 valence electrons. The van der Waals surface area contributed by atoms with Crippen molar-refractivity contribution in [1.82, 2.24) is 19.6 Å². The fourth-order valence-corrected chi connectivity index (χ4v) is 3.82. The number of likely N-dealkylation sites (N-methyl/N-ethyl adjacent to an activating group) is 1. The number of hydrogen-bond acceptors (Lipinski definition) is 5. The molecule has 0 saturated carbocycles. The van der Waals surface area contributed by atoms with Crippen LogP contribution in [0.2, 0.25) is 0 Å². The molecule has 8 heteroatoms. The highest BCUT2D eigenvalue weighted by Gasteiger charge is 2.54. The maximum absolute atomic E-state index is 13.2. The molecule has 0 N–H and O–H groups in total. The molecule has 1 aromatic rings. The van der Waals surface area contributed by atoms with E-state index >= 15 is 0 Å². The molecule has 3 aliphatic rings. The van der Waals surface area contributed by atoms with Crippen molar-refractivity contribution in [3.63, 3.8) is 0 Å². The number of nitrogens with zero attached hydrogens (tertiary/aromatic N) is 5. The number of hydrogen-bond donors (Lipinski definition) is 0. The number of guanidine groups is 1. The molecule has 2 atom stereocenters. The minimum atomic E-state index is -0.569. The average Bonchev–Trinajstić information content (AvgIpc) is 3.15. The molecule has 0 bridgehead atoms. The summed E-state index contributed by atoms with van der Waals surface area (Å²) in [6, 6.07) is 4.86. The predicted octanol–water partition coefficient (Wildman–Crippen LogP) is 2.17.